The van der Waals surface area contributed by atoms with Gasteiger partial charge in [0.15, 0.2) is 5.16 Å². The number of carboxylic acid groups (broad SMARTS) is 1. The molecule has 0 spiro atoms. The Bertz CT molecular complexity index is 583. The maximum atomic E-state index is 11.4. The predicted molar refractivity (Wildman–Crippen MR) is 90.1 cm³/mol. The zero-order chi connectivity index (χ0) is 15.8. The second kappa shape index (κ2) is 8.63. The maximum Gasteiger partial charge on any atom is 0.317 e. The molecule has 5 heteroatoms. The van der Waals surface area contributed by atoms with E-state index in [1.807, 2.05) is 30.3 Å². The first-order valence-corrected chi connectivity index (χ1v) is 8.58. The molecule has 2 N–H and O–H groups in total. The molecule has 0 saturated heterocycles. The summed E-state index contributed by atoms with van der Waals surface area (Å²) >= 11 is 1.30. The largest absolute Gasteiger partial charge is 0.480 e. The van der Waals surface area contributed by atoms with Crippen LogP contribution < -0.4 is 0 Å². The van der Waals surface area contributed by atoms with Crippen LogP contribution >= 0.6 is 11.8 Å². The van der Waals surface area contributed by atoms with E-state index in [1.54, 1.807) is 6.20 Å². The van der Waals surface area contributed by atoms with Crippen molar-refractivity contribution in [2.75, 3.05) is 0 Å². The van der Waals surface area contributed by atoms with Crippen LogP contribution in [0.25, 0.3) is 11.3 Å². The van der Waals surface area contributed by atoms with Crippen LogP contribution in [0.2, 0.25) is 0 Å². The Morgan fingerprint density at radius 3 is 2.73 bits per heavy atom. The highest BCUT2D eigenvalue weighted by atomic mass is 32.2. The fraction of sp³-hybridized carbons (Fsp3) is 0.412. The SMILES string of the molecule is CCCCCCC(Sc1ncc(-c2ccccc2)[nH]1)C(=O)O. The number of imidazole rings is 1. The number of nitrogens with zero attached hydrogens (tertiary/aromatic N) is 1. The number of hydrogen-bond acceptors (Lipinski definition) is 3. The molecule has 1 heterocycles. The number of aromatic amines is 1. The summed E-state index contributed by atoms with van der Waals surface area (Å²) in [6, 6.07) is 9.91. The van der Waals surface area contributed by atoms with Crippen LogP contribution in [-0.2, 0) is 4.79 Å². The monoisotopic (exact) mass is 318 g/mol. The molecule has 0 saturated carbocycles. The van der Waals surface area contributed by atoms with E-state index in [1.165, 1.54) is 11.8 Å². The van der Waals surface area contributed by atoms with Crippen molar-refractivity contribution >= 4 is 17.7 Å². The zero-order valence-electron chi connectivity index (χ0n) is 12.8. The number of rotatable bonds is 9. The maximum absolute atomic E-state index is 11.4. The summed E-state index contributed by atoms with van der Waals surface area (Å²) in [4.78, 5) is 18.9. The number of carbonyl (C=O) groups is 1. The third-order valence-electron chi connectivity index (χ3n) is 3.49. The van der Waals surface area contributed by atoms with Gasteiger partial charge in [-0.3, -0.25) is 4.79 Å². The van der Waals surface area contributed by atoms with Crippen molar-refractivity contribution in [2.24, 2.45) is 0 Å². The van der Waals surface area contributed by atoms with E-state index in [0.29, 0.717) is 11.6 Å². The number of carboxylic acids is 1. The molecule has 0 fully saturated rings. The highest BCUT2D eigenvalue weighted by molar-refractivity contribution is 8.00. The minimum absolute atomic E-state index is 0.438. The second-order valence-electron chi connectivity index (χ2n) is 5.26. The quantitative estimate of drug-likeness (QED) is 0.524. The van der Waals surface area contributed by atoms with Crippen molar-refractivity contribution in [2.45, 2.75) is 49.4 Å². The Kier molecular flexibility index (Phi) is 6.52. The lowest BCUT2D eigenvalue weighted by Gasteiger charge is -2.09. The smallest absolute Gasteiger partial charge is 0.317 e. The number of hydrogen-bond donors (Lipinski definition) is 2. The van der Waals surface area contributed by atoms with E-state index in [0.717, 1.165) is 36.9 Å². The van der Waals surface area contributed by atoms with Crippen LogP contribution in [0.15, 0.2) is 41.7 Å². The molecule has 0 aliphatic carbocycles. The zero-order valence-corrected chi connectivity index (χ0v) is 13.6. The van der Waals surface area contributed by atoms with Gasteiger partial charge in [0.1, 0.15) is 5.25 Å². The number of aliphatic carboxylic acids is 1. The molecular weight excluding hydrogens is 296 g/mol. The van der Waals surface area contributed by atoms with E-state index < -0.39 is 11.2 Å². The van der Waals surface area contributed by atoms with Crippen LogP contribution in [0.5, 0.6) is 0 Å². The van der Waals surface area contributed by atoms with E-state index >= 15 is 0 Å². The van der Waals surface area contributed by atoms with Gasteiger partial charge in [0.2, 0.25) is 0 Å². The Morgan fingerprint density at radius 2 is 2.05 bits per heavy atom. The fourth-order valence-electron chi connectivity index (χ4n) is 2.25. The Morgan fingerprint density at radius 1 is 1.27 bits per heavy atom. The first kappa shape index (κ1) is 16.6. The summed E-state index contributed by atoms with van der Waals surface area (Å²) in [5.41, 5.74) is 1.97. The first-order valence-electron chi connectivity index (χ1n) is 7.70. The van der Waals surface area contributed by atoms with E-state index in [-0.39, 0.29) is 0 Å². The number of H-pyrrole nitrogens is 1. The predicted octanol–water partition coefficient (Wildman–Crippen LogP) is 4.59. The van der Waals surface area contributed by atoms with Gasteiger partial charge in [-0.15, -0.1) is 0 Å². The summed E-state index contributed by atoms with van der Waals surface area (Å²) in [6.07, 6.45) is 6.80. The molecule has 2 rings (SSSR count). The number of thioether (sulfide) groups is 1. The fourth-order valence-corrected chi connectivity index (χ4v) is 3.19. The van der Waals surface area contributed by atoms with Crippen LogP contribution in [0.3, 0.4) is 0 Å². The first-order chi connectivity index (χ1) is 10.7. The third kappa shape index (κ3) is 4.91. The van der Waals surface area contributed by atoms with Crippen molar-refractivity contribution in [1.29, 1.82) is 0 Å². The molecule has 0 bridgehead atoms. The average molecular weight is 318 g/mol. The van der Waals surface area contributed by atoms with Crippen LogP contribution in [-0.4, -0.2) is 26.3 Å². The van der Waals surface area contributed by atoms with E-state index in [2.05, 4.69) is 16.9 Å². The molecule has 0 aliphatic rings. The molecule has 1 atom stereocenters. The number of aromatic nitrogens is 2. The lowest BCUT2D eigenvalue weighted by Crippen LogP contribution is -2.16. The summed E-state index contributed by atoms with van der Waals surface area (Å²) in [5.74, 6) is -0.765. The summed E-state index contributed by atoms with van der Waals surface area (Å²) in [7, 11) is 0. The Balaban J connectivity index is 1.96. The standard InChI is InChI=1S/C17H22N2O2S/c1-2-3-4-8-11-15(16(20)21)22-17-18-12-14(19-17)13-9-6-5-7-10-13/h5-7,9-10,12,15H,2-4,8,11H2,1H3,(H,18,19)(H,20,21). The lowest BCUT2D eigenvalue weighted by molar-refractivity contribution is -0.136. The van der Waals surface area contributed by atoms with Gasteiger partial charge >= 0.3 is 5.97 Å². The normalized spacial score (nSPS) is 12.2. The van der Waals surface area contributed by atoms with Gasteiger partial charge in [0.05, 0.1) is 11.9 Å². The molecule has 0 aliphatic heterocycles. The lowest BCUT2D eigenvalue weighted by atomic mass is 10.1. The van der Waals surface area contributed by atoms with Crippen molar-refractivity contribution < 1.29 is 9.90 Å². The Labute approximate surface area is 135 Å². The molecule has 4 nitrogen and oxygen atoms in total. The summed E-state index contributed by atoms with van der Waals surface area (Å²) < 4.78 is 0. The Hall–Kier alpha value is -1.75. The third-order valence-corrected chi connectivity index (χ3v) is 4.64. The van der Waals surface area contributed by atoms with Crippen molar-refractivity contribution in [3.63, 3.8) is 0 Å². The molecule has 1 aromatic carbocycles. The molecule has 0 radical (unpaired) electrons. The van der Waals surface area contributed by atoms with Gasteiger partial charge in [0, 0.05) is 0 Å². The van der Waals surface area contributed by atoms with Gasteiger partial charge in [-0.25, -0.2) is 4.98 Å². The van der Waals surface area contributed by atoms with Crippen LogP contribution in [0, 0.1) is 0 Å². The highest BCUT2D eigenvalue weighted by Crippen LogP contribution is 2.27. The minimum Gasteiger partial charge on any atom is -0.480 e. The highest BCUT2D eigenvalue weighted by Gasteiger charge is 2.20. The topological polar surface area (TPSA) is 66.0 Å². The van der Waals surface area contributed by atoms with E-state index in [4.69, 9.17) is 0 Å². The molecule has 1 aromatic heterocycles. The molecule has 22 heavy (non-hydrogen) atoms. The number of nitrogens with one attached hydrogen (secondary N) is 1. The molecule has 0 amide bonds. The number of unbranched alkanes of at least 4 members (excludes halogenated alkanes) is 3. The van der Waals surface area contributed by atoms with Crippen molar-refractivity contribution in [3.8, 4) is 11.3 Å². The molecule has 118 valence electrons. The van der Waals surface area contributed by atoms with Gasteiger partial charge < -0.3 is 10.1 Å². The second-order valence-corrected chi connectivity index (χ2v) is 6.45. The summed E-state index contributed by atoms with van der Waals surface area (Å²) in [5, 5.41) is 9.58. The van der Waals surface area contributed by atoms with Crippen LogP contribution in [0.4, 0.5) is 0 Å². The summed E-state index contributed by atoms with van der Waals surface area (Å²) in [6.45, 7) is 2.15. The average Bonchev–Trinajstić information content (AvgIpc) is 2.99. The van der Waals surface area contributed by atoms with Gasteiger partial charge in [0.25, 0.3) is 0 Å². The van der Waals surface area contributed by atoms with E-state index in [9.17, 15) is 9.90 Å². The van der Waals surface area contributed by atoms with Gasteiger partial charge in [-0.05, 0) is 12.0 Å². The molecule has 1 unspecified atom stereocenters. The van der Waals surface area contributed by atoms with Gasteiger partial charge in [-0.2, -0.15) is 0 Å². The molecule has 2 aromatic rings. The molecular formula is C17H22N2O2S. The number of benzene rings is 1. The van der Waals surface area contributed by atoms with Crippen LogP contribution in [0.1, 0.15) is 39.0 Å². The van der Waals surface area contributed by atoms with Crippen molar-refractivity contribution in [1.82, 2.24) is 9.97 Å². The van der Waals surface area contributed by atoms with Crippen molar-refractivity contribution in [3.05, 3.63) is 36.5 Å². The minimum atomic E-state index is -0.765. The van der Waals surface area contributed by atoms with Gasteiger partial charge in [-0.1, -0.05) is 74.7 Å².